The van der Waals surface area contributed by atoms with E-state index in [2.05, 4.69) is 30.8 Å². The molecular formula is C12H27N3O. The zero-order chi connectivity index (χ0) is 12.2. The van der Waals surface area contributed by atoms with Crippen molar-refractivity contribution in [2.75, 3.05) is 47.4 Å². The Hall–Kier alpha value is -0.160. The highest BCUT2D eigenvalue weighted by Crippen LogP contribution is 2.29. The van der Waals surface area contributed by atoms with Gasteiger partial charge in [0.05, 0.1) is 0 Å². The largest absolute Gasteiger partial charge is 0.385 e. The number of methoxy groups -OCH3 is 1. The highest BCUT2D eigenvalue weighted by atomic mass is 16.5. The Morgan fingerprint density at radius 3 is 2.69 bits per heavy atom. The van der Waals surface area contributed by atoms with Gasteiger partial charge in [-0.05, 0) is 33.9 Å². The zero-order valence-corrected chi connectivity index (χ0v) is 11.2. The molecule has 1 heterocycles. The molecule has 1 saturated heterocycles. The molecule has 4 heteroatoms. The van der Waals surface area contributed by atoms with Gasteiger partial charge < -0.3 is 15.4 Å². The van der Waals surface area contributed by atoms with Crippen LogP contribution in [0.5, 0.6) is 0 Å². The Bertz CT molecular complexity index is 200. The standard InChI is InChI=1S/C12H27N3O/c1-11-8-12(9-13,10-14(11)2)15(3)6-5-7-16-4/h11H,5-10,13H2,1-4H3. The number of nitrogens with two attached hydrogens (primary N) is 1. The maximum Gasteiger partial charge on any atom is 0.0474 e. The first-order valence-electron chi connectivity index (χ1n) is 6.16. The van der Waals surface area contributed by atoms with Crippen LogP contribution in [0.3, 0.4) is 0 Å². The van der Waals surface area contributed by atoms with E-state index in [1.165, 1.54) is 6.42 Å². The second-order valence-electron chi connectivity index (χ2n) is 5.16. The van der Waals surface area contributed by atoms with Crippen LogP contribution in [0.4, 0.5) is 0 Å². The molecule has 0 aromatic heterocycles. The van der Waals surface area contributed by atoms with E-state index in [-0.39, 0.29) is 5.54 Å². The molecule has 0 amide bonds. The molecule has 2 unspecified atom stereocenters. The zero-order valence-electron chi connectivity index (χ0n) is 11.2. The number of hydrogen-bond acceptors (Lipinski definition) is 4. The van der Waals surface area contributed by atoms with Gasteiger partial charge >= 0.3 is 0 Å². The summed E-state index contributed by atoms with van der Waals surface area (Å²) in [5, 5.41) is 0. The summed E-state index contributed by atoms with van der Waals surface area (Å²) in [6.45, 7) is 5.99. The molecular weight excluding hydrogens is 202 g/mol. The molecule has 0 bridgehead atoms. The summed E-state index contributed by atoms with van der Waals surface area (Å²) in [5.41, 5.74) is 6.17. The van der Waals surface area contributed by atoms with Crippen LogP contribution in [0.15, 0.2) is 0 Å². The summed E-state index contributed by atoms with van der Waals surface area (Å²) in [6.07, 6.45) is 2.25. The van der Waals surface area contributed by atoms with E-state index in [4.69, 9.17) is 10.5 Å². The molecule has 1 rings (SSSR count). The number of rotatable bonds is 6. The van der Waals surface area contributed by atoms with Crippen molar-refractivity contribution in [3.63, 3.8) is 0 Å². The van der Waals surface area contributed by atoms with Crippen molar-refractivity contribution in [1.82, 2.24) is 9.80 Å². The molecule has 0 spiro atoms. The normalized spacial score (nSPS) is 31.5. The van der Waals surface area contributed by atoms with E-state index in [9.17, 15) is 0 Å². The maximum absolute atomic E-state index is 6.00. The van der Waals surface area contributed by atoms with E-state index < -0.39 is 0 Å². The fourth-order valence-electron chi connectivity index (χ4n) is 2.65. The van der Waals surface area contributed by atoms with Crippen LogP contribution in [-0.2, 0) is 4.74 Å². The van der Waals surface area contributed by atoms with Crippen LogP contribution in [-0.4, -0.2) is 68.8 Å². The summed E-state index contributed by atoms with van der Waals surface area (Å²) in [6, 6.07) is 0.633. The Labute approximate surface area is 99.7 Å². The molecule has 1 aliphatic rings. The molecule has 16 heavy (non-hydrogen) atoms. The summed E-state index contributed by atoms with van der Waals surface area (Å²) < 4.78 is 5.10. The average molecular weight is 229 g/mol. The van der Waals surface area contributed by atoms with Gasteiger partial charge in [-0.1, -0.05) is 0 Å². The van der Waals surface area contributed by atoms with Crippen LogP contribution >= 0.6 is 0 Å². The second-order valence-corrected chi connectivity index (χ2v) is 5.16. The van der Waals surface area contributed by atoms with E-state index in [1.54, 1.807) is 7.11 Å². The van der Waals surface area contributed by atoms with Crippen molar-refractivity contribution in [3.8, 4) is 0 Å². The van der Waals surface area contributed by atoms with Crippen molar-refractivity contribution in [3.05, 3.63) is 0 Å². The quantitative estimate of drug-likeness (QED) is 0.669. The smallest absolute Gasteiger partial charge is 0.0474 e. The molecule has 0 aromatic rings. The van der Waals surface area contributed by atoms with Gasteiger partial charge in [-0.2, -0.15) is 0 Å². The van der Waals surface area contributed by atoms with Crippen molar-refractivity contribution in [2.45, 2.75) is 31.3 Å². The molecule has 0 aromatic carbocycles. The van der Waals surface area contributed by atoms with E-state index >= 15 is 0 Å². The Kier molecular flexibility index (Phi) is 5.18. The Balaban J connectivity index is 2.52. The van der Waals surface area contributed by atoms with Gasteiger partial charge in [0, 0.05) is 44.9 Å². The summed E-state index contributed by atoms with van der Waals surface area (Å²) in [7, 11) is 6.13. The molecule has 1 aliphatic heterocycles. The molecule has 4 nitrogen and oxygen atoms in total. The molecule has 96 valence electrons. The third-order valence-electron chi connectivity index (χ3n) is 4.00. The van der Waals surface area contributed by atoms with Gasteiger partial charge in [-0.3, -0.25) is 4.90 Å². The van der Waals surface area contributed by atoms with Gasteiger partial charge in [-0.25, -0.2) is 0 Å². The van der Waals surface area contributed by atoms with Crippen LogP contribution in [0.1, 0.15) is 19.8 Å². The molecule has 0 aliphatic carbocycles. The topological polar surface area (TPSA) is 41.7 Å². The summed E-state index contributed by atoms with van der Waals surface area (Å²) in [4.78, 5) is 4.83. The number of likely N-dealkylation sites (tertiary alicyclic amines) is 1. The van der Waals surface area contributed by atoms with Gasteiger partial charge in [-0.15, -0.1) is 0 Å². The minimum atomic E-state index is 0.169. The minimum Gasteiger partial charge on any atom is -0.385 e. The van der Waals surface area contributed by atoms with Crippen molar-refractivity contribution >= 4 is 0 Å². The Morgan fingerprint density at radius 1 is 1.56 bits per heavy atom. The molecule has 0 radical (unpaired) electrons. The average Bonchev–Trinajstić information content (AvgIpc) is 2.56. The second kappa shape index (κ2) is 5.96. The van der Waals surface area contributed by atoms with Crippen LogP contribution in [0.2, 0.25) is 0 Å². The van der Waals surface area contributed by atoms with E-state index in [0.717, 1.165) is 32.7 Å². The highest BCUT2D eigenvalue weighted by molar-refractivity contribution is 5.01. The first-order chi connectivity index (χ1) is 7.55. The van der Waals surface area contributed by atoms with Crippen LogP contribution in [0, 0.1) is 0 Å². The van der Waals surface area contributed by atoms with E-state index in [1.807, 2.05) is 0 Å². The predicted molar refractivity (Wildman–Crippen MR) is 67.6 cm³/mol. The van der Waals surface area contributed by atoms with Crippen molar-refractivity contribution < 1.29 is 4.74 Å². The molecule has 2 N–H and O–H groups in total. The lowest BCUT2D eigenvalue weighted by Crippen LogP contribution is -2.54. The van der Waals surface area contributed by atoms with E-state index in [0.29, 0.717) is 6.04 Å². The lowest BCUT2D eigenvalue weighted by molar-refractivity contribution is 0.113. The lowest BCUT2D eigenvalue weighted by atomic mass is 9.94. The highest BCUT2D eigenvalue weighted by Gasteiger charge is 2.42. The lowest BCUT2D eigenvalue weighted by Gasteiger charge is -2.37. The number of likely N-dealkylation sites (N-methyl/N-ethyl adjacent to an activating group) is 2. The fourth-order valence-corrected chi connectivity index (χ4v) is 2.65. The molecule has 0 saturated carbocycles. The first kappa shape index (κ1) is 13.9. The van der Waals surface area contributed by atoms with Crippen LogP contribution in [0.25, 0.3) is 0 Å². The summed E-state index contributed by atoms with van der Waals surface area (Å²) >= 11 is 0. The van der Waals surface area contributed by atoms with Gasteiger partial charge in [0.1, 0.15) is 0 Å². The van der Waals surface area contributed by atoms with Gasteiger partial charge in [0.25, 0.3) is 0 Å². The van der Waals surface area contributed by atoms with Gasteiger partial charge in [0.15, 0.2) is 0 Å². The third kappa shape index (κ3) is 2.94. The fraction of sp³-hybridized carbons (Fsp3) is 1.00. The SMILES string of the molecule is COCCCN(C)C1(CN)CC(C)N(C)C1. The monoisotopic (exact) mass is 229 g/mol. The van der Waals surface area contributed by atoms with Crippen molar-refractivity contribution in [2.24, 2.45) is 5.73 Å². The number of ether oxygens (including phenoxy) is 1. The third-order valence-corrected chi connectivity index (χ3v) is 4.00. The number of nitrogens with zero attached hydrogens (tertiary/aromatic N) is 2. The Morgan fingerprint density at radius 2 is 2.25 bits per heavy atom. The van der Waals surface area contributed by atoms with Gasteiger partial charge in [0.2, 0.25) is 0 Å². The molecule has 2 atom stereocenters. The van der Waals surface area contributed by atoms with Crippen molar-refractivity contribution in [1.29, 1.82) is 0 Å². The van der Waals surface area contributed by atoms with Crippen LogP contribution < -0.4 is 5.73 Å². The maximum atomic E-state index is 6.00. The minimum absolute atomic E-state index is 0.169. The predicted octanol–water partition coefficient (Wildman–Crippen LogP) is 0.376. The first-order valence-corrected chi connectivity index (χ1v) is 6.16. The summed E-state index contributed by atoms with van der Waals surface area (Å²) in [5.74, 6) is 0. The molecule has 1 fully saturated rings. The number of hydrogen-bond donors (Lipinski definition) is 1.